The summed E-state index contributed by atoms with van der Waals surface area (Å²) in [5, 5.41) is 0. The van der Waals surface area contributed by atoms with Gasteiger partial charge in [-0.1, -0.05) is 0 Å². The number of nitrogens with zero attached hydrogens (tertiary/aromatic N) is 2. The Hall–Kier alpha value is -0.930. The van der Waals surface area contributed by atoms with Gasteiger partial charge < -0.3 is 8.97 Å². The van der Waals surface area contributed by atoms with Crippen molar-refractivity contribution in [3.05, 3.63) is 23.3 Å². The number of rotatable bonds is 2. The molecule has 0 bridgehead atoms. The van der Waals surface area contributed by atoms with Gasteiger partial charge in [0.25, 0.3) is 0 Å². The summed E-state index contributed by atoms with van der Waals surface area (Å²) in [6, 6.07) is 1.07. The summed E-state index contributed by atoms with van der Waals surface area (Å²) >= 11 is 0. The molecule has 0 amide bonds. The summed E-state index contributed by atoms with van der Waals surface area (Å²) in [7, 11) is 9.21. The van der Waals surface area contributed by atoms with Crippen LogP contribution in [0.2, 0.25) is 0 Å². The number of likely N-dealkylation sites (tertiary alicyclic amines) is 2. The molecule has 3 aliphatic rings. The number of likely N-dealkylation sites (N-methyl/N-ethyl adjacent to an activating group) is 2. The molecular formula is C20H34N2O+2. The van der Waals surface area contributed by atoms with E-state index in [0.29, 0.717) is 17.9 Å². The zero-order valence-electron chi connectivity index (χ0n) is 15.5. The van der Waals surface area contributed by atoms with Crippen molar-refractivity contribution in [3.63, 3.8) is 0 Å². The maximum atomic E-state index is 13.0. The van der Waals surface area contributed by atoms with E-state index in [1.807, 2.05) is 0 Å². The molecule has 0 N–H and O–H groups in total. The van der Waals surface area contributed by atoms with E-state index in [4.69, 9.17) is 0 Å². The number of carbonyl (C=O) groups is 1. The first-order valence-electron chi connectivity index (χ1n) is 9.41. The standard InChI is InChI=1S/C20H34N2O/c1-21(2)12-6-10-18(21)14-16-8-5-9-17(20(16)23)15-19-11-7-13-22(19,3)4/h14-15,18-19H,5-13H2,1-4H3/q+2/b16-14+,17-15+. The van der Waals surface area contributed by atoms with Crippen LogP contribution in [0.1, 0.15) is 44.9 Å². The molecule has 3 fully saturated rings. The maximum absolute atomic E-state index is 13.0. The number of Topliss-reactive ketones (excluding diaryl/α,β-unsaturated/α-hetero) is 1. The Morgan fingerprint density at radius 1 is 0.783 bits per heavy atom. The summed E-state index contributed by atoms with van der Waals surface area (Å²) < 4.78 is 2.09. The SMILES string of the molecule is C[N+]1(C)CCCC1/C=C1\CCC/C(=C\C2CCC[N+]2(C)C)C1=O. The van der Waals surface area contributed by atoms with Gasteiger partial charge in [-0.2, -0.15) is 0 Å². The van der Waals surface area contributed by atoms with Crippen LogP contribution in [-0.4, -0.2) is 68.1 Å². The molecule has 0 spiro atoms. The highest BCUT2D eigenvalue weighted by molar-refractivity contribution is 6.09. The quantitative estimate of drug-likeness (QED) is 0.565. The Morgan fingerprint density at radius 3 is 1.57 bits per heavy atom. The van der Waals surface area contributed by atoms with E-state index in [2.05, 4.69) is 40.3 Å². The van der Waals surface area contributed by atoms with Crippen LogP contribution in [0.15, 0.2) is 23.3 Å². The van der Waals surface area contributed by atoms with Crippen molar-refractivity contribution in [1.29, 1.82) is 0 Å². The van der Waals surface area contributed by atoms with E-state index in [1.165, 1.54) is 38.8 Å². The van der Waals surface area contributed by atoms with Gasteiger partial charge in [-0.05, 0) is 31.4 Å². The van der Waals surface area contributed by atoms with E-state index in [1.54, 1.807) is 0 Å². The van der Waals surface area contributed by atoms with Gasteiger partial charge in [-0.3, -0.25) is 4.79 Å². The van der Waals surface area contributed by atoms with Crippen LogP contribution in [0.5, 0.6) is 0 Å². The summed E-state index contributed by atoms with van der Waals surface area (Å²) in [6.45, 7) is 2.47. The zero-order chi connectivity index (χ0) is 16.7. The molecule has 3 heteroatoms. The highest BCUT2D eigenvalue weighted by Gasteiger charge is 2.36. The van der Waals surface area contributed by atoms with E-state index in [9.17, 15) is 4.79 Å². The number of ketones is 1. The number of allylic oxidation sites excluding steroid dienone is 2. The van der Waals surface area contributed by atoms with Crippen LogP contribution >= 0.6 is 0 Å². The van der Waals surface area contributed by atoms with Gasteiger partial charge >= 0.3 is 0 Å². The Bertz CT molecular complexity index is 496. The summed E-state index contributed by atoms with van der Waals surface area (Å²) in [5.41, 5.74) is 2.20. The fourth-order valence-corrected chi connectivity index (χ4v) is 4.70. The fraction of sp³-hybridized carbons (Fsp3) is 0.750. The first kappa shape index (κ1) is 16.9. The lowest BCUT2D eigenvalue weighted by atomic mass is 9.86. The Balaban J connectivity index is 1.79. The average Bonchev–Trinajstić information content (AvgIpc) is 2.97. The van der Waals surface area contributed by atoms with Crippen LogP contribution in [0.4, 0.5) is 0 Å². The molecule has 0 aromatic carbocycles. The molecule has 128 valence electrons. The van der Waals surface area contributed by atoms with E-state index < -0.39 is 0 Å². The van der Waals surface area contributed by atoms with Gasteiger partial charge in [0.1, 0.15) is 12.1 Å². The topological polar surface area (TPSA) is 17.1 Å². The number of hydrogen-bond donors (Lipinski definition) is 0. The van der Waals surface area contributed by atoms with Crippen molar-refractivity contribution in [2.75, 3.05) is 41.3 Å². The highest BCUT2D eigenvalue weighted by Crippen LogP contribution is 2.32. The second kappa shape index (κ2) is 6.18. The number of hydrogen-bond acceptors (Lipinski definition) is 1. The third-order valence-electron chi connectivity index (χ3n) is 6.53. The van der Waals surface area contributed by atoms with Crippen LogP contribution < -0.4 is 0 Å². The molecule has 1 aliphatic carbocycles. The number of quaternary nitrogens is 2. The summed E-state index contributed by atoms with van der Waals surface area (Å²) in [5.74, 6) is 0.357. The minimum absolute atomic E-state index is 0.357. The minimum Gasteiger partial charge on any atom is -0.323 e. The highest BCUT2D eigenvalue weighted by atomic mass is 16.1. The molecular weight excluding hydrogens is 284 g/mol. The van der Waals surface area contributed by atoms with E-state index in [0.717, 1.165) is 39.4 Å². The molecule has 3 nitrogen and oxygen atoms in total. The third-order valence-corrected chi connectivity index (χ3v) is 6.53. The Morgan fingerprint density at radius 2 is 1.22 bits per heavy atom. The molecule has 2 saturated heterocycles. The first-order valence-corrected chi connectivity index (χ1v) is 9.41. The monoisotopic (exact) mass is 318 g/mol. The van der Waals surface area contributed by atoms with Crippen molar-refractivity contribution in [2.45, 2.75) is 57.0 Å². The van der Waals surface area contributed by atoms with Gasteiger partial charge in [0.05, 0.1) is 41.3 Å². The van der Waals surface area contributed by atoms with Crippen LogP contribution in [-0.2, 0) is 4.79 Å². The van der Waals surface area contributed by atoms with Crippen LogP contribution in [0.3, 0.4) is 0 Å². The van der Waals surface area contributed by atoms with Gasteiger partial charge in [0.2, 0.25) is 0 Å². The van der Waals surface area contributed by atoms with Crippen molar-refractivity contribution < 1.29 is 13.8 Å². The second-order valence-corrected chi connectivity index (χ2v) is 8.99. The lowest BCUT2D eigenvalue weighted by Crippen LogP contribution is -2.43. The van der Waals surface area contributed by atoms with Gasteiger partial charge in [-0.15, -0.1) is 0 Å². The molecule has 0 aromatic rings. The molecule has 2 aliphatic heterocycles. The molecule has 2 atom stereocenters. The molecule has 23 heavy (non-hydrogen) atoms. The molecule has 2 heterocycles. The molecule has 0 radical (unpaired) electrons. The van der Waals surface area contributed by atoms with Gasteiger partial charge in [0.15, 0.2) is 5.78 Å². The largest absolute Gasteiger partial charge is 0.323 e. The van der Waals surface area contributed by atoms with Crippen LogP contribution in [0.25, 0.3) is 0 Å². The molecule has 1 saturated carbocycles. The smallest absolute Gasteiger partial charge is 0.184 e. The summed E-state index contributed by atoms with van der Waals surface area (Å²) in [4.78, 5) is 13.0. The number of carbonyl (C=O) groups excluding carboxylic acids is 1. The summed E-state index contributed by atoms with van der Waals surface area (Å²) in [6.07, 6.45) is 12.8. The van der Waals surface area contributed by atoms with Crippen molar-refractivity contribution in [2.24, 2.45) is 0 Å². The second-order valence-electron chi connectivity index (χ2n) is 8.99. The fourth-order valence-electron chi connectivity index (χ4n) is 4.70. The maximum Gasteiger partial charge on any atom is 0.184 e. The normalized spacial score (nSPS) is 37.0. The van der Waals surface area contributed by atoms with E-state index in [-0.39, 0.29) is 0 Å². The van der Waals surface area contributed by atoms with Gasteiger partial charge in [0, 0.05) is 36.8 Å². The predicted octanol–water partition coefficient (Wildman–Crippen LogP) is 3.07. The molecule has 0 aromatic heterocycles. The lowest BCUT2D eigenvalue weighted by Gasteiger charge is -2.32. The van der Waals surface area contributed by atoms with Gasteiger partial charge in [-0.25, -0.2) is 0 Å². The Labute approximate surface area is 141 Å². The van der Waals surface area contributed by atoms with Crippen molar-refractivity contribution >= 4 is 5.78 Å². The van der Waals surface area contributed by atoms with E-state index >= 15 is 0 Å². The first-order chi connectivity index (χ1) is 10.8. The molecule has 2 unspecified atom stereocenters. The third kappa shape index (κ3) is 3.46. The predicted molar refractivity (Wildman–Crippen MR) is 95.0 cm³/mol. The Kier molecular flexibility index (Phi) is 4.54. The molecule has 3 rings (SSSR count). The van der Waals surface area contributed by atoms with Crippen LogP contribution in [0, 0.1) is 0 Å². The zero-order valence-corrected chi connectivity index (χ0v) is 15.5. The van der Waals surface area contributed by atoms with Crippen molar-refractivity contribution in [3.8, 4) is 0 Å². The average molecular weight is 319 g/mol. The lowest BCUT2D eigenvalue weighted by molar-refractivity contribution is -0.895. The van der Waals surface area contributed by atoms with Crippen molar-refractivity contribution in [1.82, 2.24) is 0 Å². The minimum atomic E-state index is 0.357.